The maximum atomic E-state index is 6.06. The number of benzene rings is 1. The normalized spacial score (nSPS) is 12.6. The molecular formula is C14H23ClN2O. The van der Waals surface area contributed by atoms with Crippen molar-refractivity contribution in [3.05, 3.63) is 22.7 Å². The molecule has 3 nitrogen and oxygen atoms in total. The van der Waals surface area contributed by atoms with Crippen LogP contribution in [0.3, 0.4) is 0 Å². The third-order valence-corrected chi connectivity index (χ3v) is 3.22. The van der Waals surface area contributed by atoms with E-state index in [1.165, 1.54) is 0 Å². The molecule has 0 saturated heterocycles. The highest BCUT2D eigenvalue weighted by molar-refractivity contribution is 6.31. The van der Waals surface area contributed by atoms with Gasteiger partial charge in [-0.3, -0.25) is 0 Å². The molecule has 1 unspecified atom stereocenters. The molecule has 1 aromatic rings. The van der Waals surface area contributed by atoms with Crippen molar-refractivity contribution < 1.29 is 4.74 Å². The fourth-order valence-electron chi connectivity index (χ4n) is 1.90. The molecule has 0 saturated carbocycles. The summed E-state index contributed by atoms with van der Waals surface area (Å²) in [5.41, 5.74) is 8.02. The van der Waals surface area contributed by atoms with Gasteiger partial charge < -0.3 is 15.8 Å². The number of nitrogens with two attached hydrogens (primary N) is 1. The first-order valence-electron chi connectivity index (χ1n) is 6.27. The van der Waals surface area contributed by atoms with E-state index in [0.29, 0.717) is 10.9 Å². The maximum Gasteiger partial charge on any atom is 0.143 e. The molecule has 1 rings (SSSR count). The Hall–Kier alpha value is -0.930. The number of methoxy groups -OCH3 is 1. The smallest absolute Gasteiger partial charge is 0.143 e. The quantitative estimate of drug-likeness (QED) is 0.832. The first-order chi connectivity index (χ1) is 8.43. The van der Waals surface area contributed by atoms with Gasteiger partial charge in [-0.05, 0) is 30.9 Å². The van der Waals surface area contributed by atoms with E-state index in [2.05, 4.69) is 19.2 Å². The SMILES string of the molecule is COc1cc(Cl)c(C)cc1NCC(N)CC(C)C. The summed E-state index contributed by atoms with van der Waals surface area (Å²) in [4.78, 5) is 0. The zero-order chi connectivity index (χ0) is 13.7. The van der Waals surface area contributed by atoms with Gasteiger partial charge in [-0.2, -0.15) is 0 Å². The number of hydrogen-bond acceptors (Lipinski definition) is 3. The minimum Gasteiger partial charge on any atom is -0.495 e. The monoisotopic (exact) mass is 270 g/mol. The first kappa shape index (κ1) is 15.1. The minimum atomic E-state index is 0.144. The highest BCUT2D eigenvalue weighted by atomic mass is 35.5. The van der Waals surface area contributed by atoms with Gasteiger partial charge in [-0.25, -0.2) is 0 Å². The van der Waals surface area contributed by atoms with Crippen LogP contribution in [-0.2, 0) is 0 Å². The van der Waals surface area contributed by atoms with E-state index in [9.17, 15) is 0 Å². The molecular weight excluding hydrogens is 248 g/mol. The third kappa shape index (κ3) is 4.39. The molecule has 0 fully saturated rings. The molecule has 0 aliphatic carbocycles. The predicted octanol–water partition coefficient (Wildman–Crippen LogP) is 3.44. The summed E-state index contributed by atoms with van der Waals surface area (Å²) in [6.07, 6.45) is 1.00. The van der Waals surface area contributed by atoms with Gasteiger partial charge in [-0.15, -0.1) is 0 Å². The van der Waals surface area contributed by atoms with Crippen LogP contribution >= 0.6 is 11.6 Å². The Morgan fingerprint density at radius 3 is 2.61 bits per heavy atom. The van der Waals surface area contributed by atoms with Gasteiger partial charge in [-0.1, -0.05) is 25.4 Å². The Morgan fingerprint density at radius 2 is 2.06 bits per heavy atom. The number of hydrogen-bond donors (Lipinski definition) is 2. The van der Waals surface area contributed by atoms with Gasteiger partial charge in [0.1, 0.15) is 5.75 Å². The molecule has 0 spiro atoms. The molecule has 0 aromatic heterocycles. The molecule has 0 aliphatic heterocycles. The van der Waals surface area contributed by atoms with Crippen molar-refractivity contribution in [2.45, 2.75) is 33.2 Å². The van der Waals surface area contributed by atoms with E-state index in [1.807, 2.05) is 19.1 Å². The number of aryl methyl sites for hydroxylation is 1. The molecule has 0 aliphatic rings. The maximum absolute atomic E-state index is 6.06. The molecule has 18 heavy (non-hydrogen) atoms. The molecule has 102 valence electrons. The summed E-state index contributed by atoms with van der Waals surface area (Å²) < 4.78 is 5.31. The van der Waals surface area contributed by atoms with Crippen molar-refractivity contribution in [1.82, 2.24) is 0 Å². The van der Waals surface area contributed by atoms with Crippen molar-refractivity contribution in [3.8, 4) is 5.75 Å². The first-order valence-corrected chi connectivity index (χ1v) is 6.65. The van der Waals surface area contributed by atoms with E-state index in [-0.39, 0.29) is 6.04 Å². The van der Waals surface area contributed by atoms with E-state index in [1.54, 1.807) is 7.11 Å². The molecule has 1 atom stereocenters. The van der Waals surface area contributed by atoms with Crippen LogP contribution in [-0.4, -0.2) is 19.7 Å². The lowest BCUT2D eigenvalue weighted by molar-refractivity contribution is 0.416. The highest BCUT2D eigenvalue weighted by Crippen LogP contribution is 2.30. The lowest BCUT2D eigenvalue weighted by Crippen LogP contribution is -2.30. The summed E-state index contributed by atoms with van der Waals surface area (Å²) >= 11 is 6.06. The minimum absolute atomic E-state index is 0.144. The van der Waals surface area contributed by atoms with Gasteiger partial charge in [0.25, 0.3) is 0 Å². The Morgan fingerprint density at radius 1 is 1.39 bits per heavy atom. The van der Waals surface area contributed by atoms with E-state index in [4.69, 9.17) is 22.1 Å². The summed E-state index contributed by atoms with van der Waals surface area (Å²) in [6.45, 7) is 7.05. The fraction of sp³-hybridized carbons (Fsp3) is 0.571. The van der Waals surface area contributed by atoms with Gasteiger partial charge in [0.15, 0.2) is 0 Å². The van der Waals surface area contributed by atoms with Crippen molar-refractivity contribution in [2.24, 2.45) is 11.7 Å². The van der Waals surface area contributed by atoms with Crippen molar-refractivity contribution in [2.75, 3.05) is 19.0 Å². The van der Waals surface area contributed by atoms with Crippen LogP contribution < -0.4 is 15.8 Å². The fourth-order valence-corrected chi connectivity index (χ4v) is 2.05. The molecule has 3 N–H and O–H groups in total. The molecule has 1 aromatic carbocycles. The van der Waals surface area contributed by atoms with E-state index >= 15 is 0 Å². The second kappa shape index (κ2) is 6.86. The van der Waals surface area contributed by atoms with Crippen molar-refractivity contribution >= 4 is 17.3 Å². The second-order valence-corrected chi connectivity index (χ2v) is 5.48. The summed E-state index contributed by atoms with van der Waals surface area (Å²) in [6, 6.07) is 3.96. The Labute approximate surface area is 115 Å². The number of rotatable bonds is 6. The Bertz CT molecular complexity index is 394. The standard InChI is InChI=1S/C14H23ClN2O/c1-9(2)5-11(16)8-17-13-6-10(3)12(15)7-14(13)18-4/h6-7,9,11,17H,5,8,16H2,1-4H3. The lowest BCUT2D eigenvalue weighted by Gasteiger charge is -2.18. The van der Waals surface area contributed by atoms with Crippen LogP contribution in [0, 0.1) is 12.8 Å². The van der Waals surface area contributed by atoms with Crippen LogP contribution in [0.15, 0.2) is 12.1 Å². The number of ether oxygens (including phenoxy) is 1. The average molecular weight is 271 g/mol. The zero-order valence-electron chi connectivity index (χ0n) is 11.6. The van der Waals surface area contributed by atoms with Crippen molar-refractivity contribution in [3.63, 3.8) is 0 Å². The third-order valence-electron chi connectivity index (χ3n) is 2.81. The van der Waals surface area contributed by atoms with E-state index in [0.717, 1.165) is 30.0 Å². The van der Waals surface area contributed by atoms with Crippen molar-refractivity contribution in [1.29, 1.82) is 0 Å². The molecule has 0 radical (unpaired) electrons. The Balaban J connectivity index is 2.69. The van der Waals surface area contributed by atoms with Gasteiger partial charge in [0, 0.05) is 23.7 Å². The van der Waals surface area contributed by atoms with Crippen LogP contribution in [0.5, 0.6) is 5.75 Å². The van der Waals surface area contributed by atoms with Gasteiger partial charge >= 0.3 is 0 Å². The summed E-state index contributed by atoms with van der Waals surface area (Å²) in [5.74, 6) is 1.36. The predicted molar refractivity (Wildman–Crippen MR) is 78.7 cm³/mol. The number of anilines is 1. The van der Waals surface area contributed by atoms with Crippen LogP contribution in [0.25, 0.3) is 0 Å². The Kier molecular flexibility index (Phi) is 5.76. The number of nitrogens with one attached hydrogen (secondary N) is 1. The molecule has 0 bridgehead atoms. The number of halogens is 1. The molecule has 4 heteroatoms. The largest absolute Gasteiger partial charge is 0.495 e. The molecule has 0 heterocycles. The topological polar surface area (TPSA) is 47.3 Å². The van der Waals surface area contributed by atoms with E-state index < -0.39 is 0 Å². The van der Waals surface area contributed by atoms with Gasteiger partial charge in [0.05, 0.1) is 12.8 Å². The lowest BCUT2D eigenvalue weighted by atomic mass is 10.0. The van der Waals surface area contributed by atoms with Crippen LogP contribution in [0.4, 0.5) is 5.69 Å². The zero-order valence-corrected chi connectivity index (χ0v) is 12.3. The van der Waals surface area contributed by atoms with Crippen LogP contribution in [0.2, 0.25) is 5.02 Å². The second-order valence-electron chi connectivity index (χ2n) is 5.07. The van der Waals surface area contributed by atoms with Gasteiger partial charge in [0.2, 0.25) is 0 Å². The molecule has 0 amide bonds. The summed E-state index contributed by atoms with van der Waals surface area (Å²) in [5, 5.41) is 4.04. The average Bonchev–Trinajstić information content (AvgIpc) is 2.29. The van der Waals surface area contributed by atoms with Crippen LogP contribution in [0.1, 0.15) is 25.8 Å². The highest BCUT2D eigenvalue weighted by Gasteiger charge is 2.09. The summed E-state index contributed by atoms with van der Waals surface area (Å²) in [7, 11) is 1.64.